The van der Waals surface area contributed by atoms with Crippen LogP contribution < -0.4 is 16.4 Å². The molecule has 1 heterocycles. The molecule has 0 spiro atoms. The zero-order valence-corrected chi connectivity index (χ0v) is 10.7. The fraction of sp³-hybridized carbons (Fsp3) is 0.364. The number of carbonyl (C=O) groups is 1. The van der Waals surface area contributed by atoms with Gasteiger partial charge in [0.05, 0.1) is 12.2 Å². The number of aromatic nitrogens is 1. The Hall–Kier alpha value is -1.69. The molecule has 0 aromatic carbocycles. The maximum absolute atomic E-state index is 11.4. The lowest BCUT2D eigenvalue weighted by Crippen LogP contribution is -2.35. The Labute approximate surface area is 106 Å². The Balaban J connectivity index is 2.63. The molecule has 0 aliphatic heterocycles. The van der Waals surface area contributed by atoms with E-state index in [1.165, 1.54) is 0 Å². The van der Waals surface area contributed by atoms with Gasteiger partial charge in [0.15, 0.2) is 0 Å². The van der Waals surface area contributed by atoms with E-state index in [9.17, 15) is 4.79 Å². The molecule has 6 heteroatoms. The van der Waals surface area contributed by atoms with Crippen LogP contribution in [0.2, 0.25) is 0 Å². The fourth-order valence-electron chi connectivity index (χ4n) is 1.29. The number of nitrogens with one attached hydrogen (secondary N) is 2. The molecule has 5 nitrogen and oxygen atoms in total. The van der Waals surface area contributed by atoms with E-state index in [0.29, 0.717) is 11.4 Å². The number of thiocarbonyl (C=S) groups is 1. The number of carbonyl (C=O) groups excluding carboxylic acids is 1. The minimum atomic E-state index is -0.0854. The third kappa shape index (κ3) is 4.36. The van der Waals surface area contributed by atoms with Crippen LogP contribution in [-0.4, -0.2) is 28.5 Å². The Morgan fingerprint density at radius 3 is 2.88 bits per heavy atom. The van der Waals surface area contributed by atoms with Crippen molar-refractivity contribution in [1.82, 2.24) is 10.3 Å². The van der Waals surface area contributed by atoms with E-state index in [1.807, 2.05) is 13.8 Å². The largest absolute Gasteiger partial charge is 0.388 e. The van der Waals surface area contributed by atoms with Crippen LogP contribution in [-0.2, 0) is 4.79 Å². The maximum atomic E-state index is 11.4. The highest BCUT2D eigenvalue weighted by Crippen LogP contribution is 2.11. The first kappa shape index (κ1) is 13.4. The summed E-state index contributed by atoms with van der Waals surface area (Å²) in [6, 6.07) is 3.66. The summed E-state index contributed by atoms with van der Waals surface area (Å²) in [5, 5.41) is 5.73. The number of nitrogens with zero attached hydrogens (tertiary/aromatic N) is 1. The van der Waals surface area contributed by atoms with Crippen LogP contribution in [0, 0.1) is 0 Å². The minimum Gasteiger partial charge on any atom is -0.388 e. The van der Waals surface area contributed by atoms with Gasteiger partial charge < -0.3 is 16.4 Å². The molecule has 1 rings (SSSR count). The average Bonchev–Trinajstić information content (AvgIpc) is 2.25. The standard InChI is InChI=1S/C11H16N4OS/c1-7(2)15-9(16)6-14-8-4-3-5-13-10(8)11(12)17/h3-5,7,14H,6H2,1-2H3,(H2,12,17)(H,15,16). The monoisotopic (exact) mass is 252 g/mol. The SMILES string of the molecule is CC(C)NC(=O)CNc1cccnc1C(N)=S. The Morgan fingerprint density at radius 2 is 2.29 bits per heavy atom. The van der Waals surface area contributed by atoms with E-state index in [4.69, 9.17) is 18.0 Å². The van der Waals surface area contributed by atoms with Crippen molar-refractivity contribution in [2.75, 3.05) is 11.9 Å². The molecule has 1 aromatic rings. The highest BCUT2D eigenvalue weighted by atomic mass is 32.1. The summed E-state index contributed by atoms with van der Waals surface area (Å²) < 4.78 is 0. The first-order valence-corrected chi connectivity index (χ1v) is 5.69. The van der Waals surface area contributed by atoms with Gasteiger partial charge in [0.1, 0.15) is 10.7 Å². The molecule has 17 heavy (non-hydrogen) atoms. The summed E-state index contributed by atoms with van der Waals surface area (Å²) in [6.07, 6.45) is 1.61. The molecule has 1 aromatic heterocycles. The molecule has 0 unspecified atom stereocenters. The van der Waals surface area contributed by atoms with Crippen LogP contribution in [0.25, 0.3) is 0 Å². The summed E-state index contributed by atoms with van der Waals surface area (Å²) in [5.74, 6) is -0.0854. The van der Waals surface area contributed by atoms with Crippen LogP contribution in [0.15, 0.2) is 18.3 Å². The number of rotatable bonds is 5. The number of anilines is 1. The fourth-order valence-corrected chi connectivity index (χ4v) is 1.46. The van der Waals surface area contributed by atoms with Gasteiger partial charge in [-0.15, -0.1) is 0 Å². The third-order valence-electron chi connectivity index (χ3n) is 1.93. The lowest BCUT2D eigenvalue weighted by molar-refractivity contribution is -0.119. The highest BCUT2D eigenvalue weighted by Gasteiger charge is 2.08. The van der Waals surface area contributed by atoms with Crippen LogP contribution in [0.1, 0.15) is 19.5 Å². The van der Waals surface area contributed by atoms with Gasteiger partial charge in [0, 0.05) is 12.2 Å². The van der Waals surface area contributed by atoms with E-state index in [1.54, 1.807) is 18.3 Å². The third-order valence-corrected chi connectivity index (χ3v) is 2.12. The van der Waals surface area contributed by atoms with Crippen molar-refractivity contribution in [1.29, 1.82) is 0 Å². The first-order chi connectivity index (χ1) is 8.00. The summed E-state index contributed by atoms with van der Waals surface area (Å²) in [5.41, 5.74) is 6.70. The smallest absolute Gasteiger partial charge is 0.239 e. The minimum absolute atomic E-state index is 0.0854. The molecule has 0 saturated carbocycles. The van der Waals surface area contributed by atoms with Crippen LogP contribution in [0.3, 0.4) is 0 Å². The van der Waals surface area contributed by atoms with Crippen molar-refractivity contribution in [3.05, 3.63) is 24.0 Å². The second kappa shape index (κ2) is 6.15. The molecule has 4 N–H and O–H groups in total. The van der Waals surface area contributed by atoms with Crippen molar-refractivity contribution < 1.29 is 4.79 Å². The van der Waals surface area contributed by atoms with Crippen molar-refractivity contribution >= 4 is 28.8 Å². The quantitative estimate of drug-likeness (QED) is 0.671. The normalized spacial score (nSPS) is 10.1. The second-order valence-electron chi connectivity index (χ2n) is 3.84. The van der Waals surface area contributed by atoms with Crippen LogP contribution >= 0.6 is 12.2 Å². The Morgan fingerprint density at radius 1 is 1.59 bits per heavy atom. The highest BCUT2D eigenvalue weighted by molar-refractivity contribution is 7.80. The van der Waals surface area contributed by atoms with Crippen molar-refractivity contribution in [2.45, 2.75) is 19.9 Å². The van der Waals surface area contributed by atoms with E-state index < -0.39 is 0 Å². The second-order valence-corrected chi connectivity index (χ2v) is 4.28. The molecule has 1 amide bonds. The summed E-state index contributed by atoms with van der Waals surface area (Å²) in [7, 11) is 0. The summed E-state index contributed by atoms with van der Waals surface area (Å²) in [4.78, 5) is 15.7. The number of amides is 1. The number of nitrogens with two attached hydrogens (primary N) is 1. The van der Waals surface area contributed by atoms with Gasteiger partial charge >= 0.3 is 0 Å². The lowest BCUT2D eigenvalue weighted by atomic mass is 10.3. The molecule has 0 radical (unpaired) electrons. The lowest BCUT2D eigenvalue weighted by Gasteiger charge is -2.11. The molecule has 0 saturated heterocycles. The van der Waals surface area contributed by atoms with Gasteiger partial charge in [-0.25, -0.2) is 0 Å². The van der Waals surface area contributed by atoms with Crippen molar-refractivity contribution in [2.24, 2.45) is 5.73 Å². The Bertz CT molecular complexity index is 420. The van der Waals surface area contributed by atoms with Gasteiger partial charge in [0.2, 0.25) is 5.91 Å². The zero-order valence-electron chi connectivity index (χ0n) is 9.86. The van der Waals surface area contributed by atoms with Crippen LogP contribution in [0.5, 0.6) is 0 Å². The van der Waals surface area contributed by atoms with E-state index in [2.05, 4.69) is 15.6 Å². The first-order valence-electron chi connectivity index (χ1n) is 5.28. The molecule has 0 aliphatic carbocycles. The summed E-state index contributed by atoms with van der Waals surface area (Å²) in [6.45, 7) is 3.98. The van der Waals surface area contributed by atoms with Gasteiger partial charge in [-0.2, -0.15) is 0 Å². The van der Waals surface area contributed by atoms with Gasteiger partial charge in [-0.05, 0) is 26.0 Å². The molecule has 92 valence electrons. The van der Waals surface area contributed by atoms with Crippen LogP contribution in [0.4, 0.5) is 5.69 Å². The molecule has 0 fully saturated rings. The molecule has 0 aliphatic rings. The Kier molecular flexibility index (Phi) is 4.84. The van der Waals surface area contributed by atoms with Crippen molar-refractivity contribution in [3.63, 3.8) is 0 Å². The number of pyridine rings is 1. The number of hydrogen-bond acceptors (Lipinski definition) is 4. The summed E-state index contributed by atoms with van der Waals surface area (Å²) >= 11 is 4.87. The molecule has 0 bridgehead atoms. The maximum Gasteiger partial charge on any atom is 0.239 e. The van der Waals surface area contributed by atoms with E-state index in [0.717, 1.165) is 0 Å². The molecule has 0 atom stereocenters. The average molecular weight is 252 g/mol. The zero-order chi connectivity index (χ0) is 12.8. The van der Waals surface area contributed by atoms with Crippen molar-refractivity contribution in [3.8, 4) is 0 Å². The molecular weight excluding hydrogens is 236 g/mol. The van der Waals surface area contributed by atoms with Gasteiger partial charge in [-0.1, -0.05) is 12.2 Å². The van der Waals surface area contributed by atoms with E-state index in [-0.39, 0.29) is 23.5 Å². The predicted molar refractivity (Wildman–Crippen MR) is 71.9 cm³/mol. The van der Waals surface area contributed by atoms with E-state index >= 15 is 0 Å². The number of hydrogen-bond donors (Lipinski definition) is 3. The topological polar surface area (TPSA) is 80.0 Å². The molecular formula is C11H16N4OS. The van der Waals surface area contributed by atoms with Gasteiger partial charge in [-0.3, -0.25) is 9.78 Å². The van der Waals surface area contributed by atoms with Gasteiger partial charge in [0.25, 0.3) is 0 Å². The predicted octanol–water partition coefficient (Wildman–Crippen LogP) is 0.652.